The summed E-state index contributed by atoms with van der Waals surface area (Å²) in [6.45, 7) is 5.10. The van der Waals surface area contributed by atoms with Crippen LogP contribution in [0.15, 0.2) is 35.3 Å². The Morgan fingerprint density at radius 1 is 1.18 bits per heavy atom. The van der Waals surface area contributed by atoms with Gasteiger partial charge < -0.3 is 4.90 Å². The number of halogens is 1. The molecule has 2 bridgehead atoms. The van der Waals surface area contributed by atoms with Crippen molar-refractivity contribution in [2.24, 2.45) is 0 Å². The number of hydrogen-bond donors (Lipinski definition) is 0. The molecule has 2 unspecified atom stereocenters. The molecule has 2 aromatic rings. The maximum Gasteiger partial charge on any atom is 0.132 e. The summed E-state index contributed by atoms with van der Waals surface area (Å²) in [4.78, 5) is 17.8. The number of piperidine rings is 1. The fourth-order valence-electron chi connectivity index (χ4n) is 3.50. The second-order valence-corrected chi connectivity index (χ2v) is 7.07. The van der Waals surface area contributed by atoms with Crippen LogP contribution in [0.25, 0.3) is 0 Å². The van der Waals surface area contributed by atoms with Crippen molar-refractivity contribution in [3.63, 3.8) is 0 Å². The Balaban J connectivity index is 1.44. The molecule has 114 valence electrons. The summed E-state index contributed by atoms with van der Waals surface area (Å²) in [6, 6.07) is 5.47. The summed E-state index contributed by atoms with van der Waals surface area (Å²) in [6.07, 6.45) is 6.75. The third-order valence-corrected chi connectivity index (χ3v) is 5.02. The summed E-state index contributed by atoms with van der Waals surface area (Å²) in [5.74, 6) is 1.06. The van der Waals surface area contributed by atoms with E-state index < -0.39 is 0 Å². The Morgan fingerprint density at radius 3 is 2.73 bits per heavy atom. The predicted octanol–water partition coefficient (Wildman–Crippen LogP) is 2.41. The molecule has 2 atom stereocenters. The zero-order valence-corrected chi connectivity index (χ0v) is 14.1. The monoisotopic (exact) mass is 359 g/mol. The van der Waals surface area contributed by atoms with Gasteiger partial charge in [-0.2, -0.15) is 0 Å². The van der Waals surface area contributed by atoms with Gasteiger partial charge in [0, 0.05) is 60.3 Å². The van der Waals surface area contributed by atoms with Gasteiger partial charge in [-0.25, -0.2) is 9.97 Å². The number of nitrogens with zero attached hydrogens (tertiary/aromatic N) is 5. The normalized spacial score (nSPS) is 24.2. The molecule has 5 heterocycles. The standard InChI is InChI=1S/C16H18BrN5/c1-11-2-16(20-10-19-11)21-8-14-4-15(9-21)22(14)7-12-3-13(17)6-18-5-12/h2-3,5-6,10,14-15H,4,7-9H2,1H3. The van der Waals surface area contributed by atoms with E-state index in [1.165, 1.54) is 12.0 Å². The van der Waals surface area contributed by atoms with Crippen LogP contribution in [0.3, 0.4) is 0 Å². The van der Waals surface area contributed by atoms with Crippen LogP contribution in [0, 0.1) is 6.92 Å². The molecular formula is C16H18BrN5. The minimum Gasteiger partial charge on any atom is -0.353 e. The summed E-state index contributed by atoms with van der Waals surface area (Å²) >= 11 is 3.50. The van der Waals surface area contributed by atoms with E-state index in [0.717, 1.165) is 35.6 Å². The molecular weight excluding hydrogens is 342 g/mol. The summed E-state index contributed by atoms with van der Waals surface area (Å²) in [5, 5.41) is 0. The van der Waals surface area contributed by atoms with Crippen molar-refractivity contribution < 1.29 is 0 Å². The SMILES string of the molecule is Cc1cc(N2CC3CC(C2)N3Cc2cncc(Br)c2)ncn1. The number of hydrogen-bond acceptors (Lipinski definition) is 5. The van der Waals surface area contributed by atoms with Gasteiger partial charge in [0.2, 0.25) is 0 Å². The Kier molecular flexibility index (Phi) is 3.58. The summed E-state index contributed by atoms with van der Waals surface area (Å²) in [5.41, 5.74) is 2.30. The van der Waals surface area contributed by atoms with E-state index in [1.54, 1.807) is 6.33 Å². The Hall–Kier alpha value is -1.53. The third-order valence-electron chi connectivity index (χ3n) is 4.58. The third kappa shape index (κ3) is 2.61. The molecule has 5 nitrogen and oxygen atoms in total. The first kappa shape index (κ1) is 14.1. The van der Waals surface area contributed by atoms with Gasteiger partial charge in [-0.3, -0.25) is 9.88 Å². The molecule has 6 heteroatoms. The van der Waals surface area contributed by atoms with Gasteiger partial charge in [0.05, 0.1) is 0 Å². The molecule has 0 radical (unpaired) electrons. The number of aryl methyl sites for hydroxylation is 1. The van der Waals surface area contributed by atoms with Crippen LogP contribution in [0.4, 0.5) is 5.82 Å². The smallest absolute Gasteiger partial charge is 0.132 e. The number of fused-ring (bicyclic) bond motifs is 2. The quantitative estimate of drug-likeness (QED) is 0.841. The highest BCUT2D eigenvalue weighted by molar-refractivity contribution is 9.10. The molecule has 22 heavy (non-hydrogen) atoms. The maximum atomic E-state index is 4.42. The lowest BCUT2D eigenvalue weighted by atomic mass is 9.87. The first-order valence-corrected chi connectivity index (χ1v) is 8.37. The Labute approximate surface area is 138 Å². The molecule has 5 rings (SSSR count). The van der Waals surface area contributed by atoms with Crippen LogP contribution in [-0.4, -0.2) is 45.0 Å². The average Bonchev–Trinajstić information content (AvgIpc) is 2.53. The van der Waals surface area contributed by atoms with Crippen LogP contribution in [0.2, 0.25) is 0 Å². The summed E-state index contributed by atoms with van der Waals surface area (Å²) in [7, 11) is 0. The molecule has 3 aliphatic rings. The van der Waals surface area contributed by atoms with Gasteiger partial charge in [-0.05, 0) is 40.9 Å². The summed E-state index contributed by atoms with van der Waals surface area (Å²) < 4.78 is 1.05. The fourth-order valence-corrected chi connectivity index (χ4v) is 3.91. The number of piperazine rings is 1. The van der Waals surface area contributed by atoms with E-state index in [-0.39, 0.29) is 0 Å². The average molecular weight is 360 g/mol. The minimum atomic E-state index is 0.619. The van der Waals surface area contributed by atoms with Crippen molar-refractivity contribution in [3.05, 3.63) is 46.6 Å². The van der Waals surface area contributed by atoms with E-state index in [2.05, 4.69) is 52.8 Å². The number of aromatic nitrogens is 3. The van der Waals surface area contributed by atoms with Crippen LogP contribution in [-0.2, 0) is 6.54 Å². The zero-order chi connectivity index (χ0) is 15.1. The predicted molar refractivity (Wildman–Crippen MR) is 88.7 cm³/mol. The Bertz CT molecular complexity index is 680. The second kappa shape index (κ2) is 5.59. The largest absolute Gasteiger partial charge is 0.353 e. The molecule has 0 saturated carbocycles. The molecule has 3 fully saturated rings. The lowest BCUT2D eigenvalue weighted by molar-refractivity contribution is -0.00878. The van der Waals surface area contributed by atoms with Crippen molar-refractivity contribution in [2.45, 2.75) is 32.0 Å². The van der Waals surface area contributed by atoms with E-state index in [9.17, 15) is 0 Å². The van der Waals surface area contributed by atoms with E-state index in [0.29, 0.717) is 12.1 Å². The van der Waals surface area contributed by atoms with Crippen molar-refractivity contribution in [1.82, 2.24) is 19.9 Å². The zero-order valence-electron chi connectivity index (χ0n) is 12.5. The lowest BCUT2D eigenvalue weighted by Crippen LogP contribution is -2.68. The van der Waals surface area contributed by atoms with Crippen LogP contribution in [0.1, 0.15) is 17.7 Å². The van der Waals surface area contributed by atoms with Gasteiger partial charge >= 0.3 is 0 Å². The molecule has 0 amide bonds. The van der Waals surface area contributed by atoms with E-state index in [4.69, 9.17) is 0 Å². The molecule has 3 aliphatic heterocycles. The van der Waals surface area contributed by atoms with Gasteiger partial charge in [0.25, 0.3) is 0 Å². The highest BCUT2D eigenvalue weighted by atomic mass is 79.9. The second-order valence-electron chi connectivity index (χ2n) is 6.15. The molecule has 0 aromatic carbocycles. The maximum absolute atomic E-state index is 4.42. The minimum absolute atomic E-state index is 0.619. The highest BCUT2D eigenvalue weighted by Gasteiger charge is 2.44. The van der Waals surface area contributed by atoms with Crippen molar-refractivity contribution in [3.8, 4) is 0 Å². The van der Waals surface area contributed by atoms with Crippen LogP contribution < -0.4 is 4.90 Å². The van der Waals surface area contributed by atoms with Crippen molar-refractivity contribution >= 4 is 21.7 Å². The van der Waals surface area contributed by atoms with E-state index in [1.807, 2.05) is 19.3 Å². The highest BCUT2D eigenvalue weighted by Crippen LogP contribution is 2.35. The Morgan fingerprint density at radius 2 is 2.00 bits per heavy atom. The number of pyridine rings is 1. The number of rotatable bonds is 3. The van der Waals surface area contributed by atoms with Gasteiger partial charge in [-0.1, -0.05) is 0 Å². The van der Waals surface area contributed by atoms with Crippen LogP contribution >= 0.6 is 15.9 Å². The molecule has 2 aromatic heterocycles. The number of anilines is 1. The topological polar surface area (TPSA) is 45.2 Å². The van der Waals surface area contributed by atoms with Gasteiger partial charge in [0.1, 0.15) is 12.1 Å². The van der Waals surface area contributed by atoms with Crippen molar-refractivity contribution in [1.29, 1.82) is 0 Å². The van der Waals surface area contributed by atoms with Gasteiger partial charge in [-0.15, -0.1) is 0 Å². The van der Waals surface area contributed by atoms with Crippen molar-refractivity contribution in [2.75, 3.05) is 18.0 Å². The van der Waals surface area contributed by atoms with E-state index >= 15 is 0 Å². The van der Waals surface area contributed by atoms with Gasteiger partial charge in [0.15, 0.2) is 0 Å². The molecule has 0 spiro atoms. The fraction of sp³-hybridized carbons (Fsp3) is 0.438. The van der Waals surface area contributed by atoms with Crippen LogP contribution in [0.5, 0.6) is 0 Å². The molecule has 0 N–H and O–H groups in total. The molecule has 0 aliphatic carbocycles. The first-order valence-electron chi connectivity index (χ1n) is 7.58. The lowest BCUT2D eigenvalue weighted by Gasteiger charge is -2.56. The first-order chi connectivity index (χ1) is 10.7. The molecule has 3 saturated heterocycles.